The summed E-state index contributed by atoms with van der Waals surface area (Å²) in [5.74, 6) is 0.626. The molecule has 0 bridgehead atoms. The number of benzene rings is 2. The Hall–Kier alpha value is -3.71. The van der Waals surface area contributed by atoms with Gasteiger partial charge in [-0.2, -0.15) is 0 Å². The fourth-order valence-corrected chi connectivity index (χ4v) is 6.59. The zero-order chi connectivity index (χ0) is 25.9. The molecule has 5 rings (SSSR count). The lowest BCUT2D eigenvalue weighted by atomic mass is 9.84. The minimum Gasteiger partial charge on any atom is -0.494 e. The summed E-state index contributed by atoms with van der Waals surface area (Å²) in [4.78, 5) is 32.1. The number of hydrogen-bond acceptors (Lipinski definition) is 5. The van der Waals surface area contributed by atoms with Crippen LogP contribution in [0.4, 0.5) is 5.00 Å². The van der Waals surface area contributed by atoms with Crippen molar-refractivity contribution in [2.45, 2.75) is 46.0 Å². The Bertz CT molecular complexity index is 1460. The van der Waals surface area contributed by atoms with Gasteiger partial charge in [-0.05, 0) is 74.1 Å². The van der Waals surface area contributed by atoms with Gasteiger partial charge in [0.25, 0.3) is 11.8 Å². The third kappa shape index (κ3) is 5.09. The van der Waals surface area contributed by atoms with Gasteiger partial charge >= 0.3 is 0 Å². The van der Waals surface area contributed by atoms with Crippen LogP contribution in [-0.4, -0.2) is 23.4 Å². The second kappa shape index (κ2) is 10.7. The van der Waals surface area contributed by atoms with E-state index < -0.39 is 5.91 Å². The number of nitrogens with one attached hydrogen (secondary N) is 1. The summed E-state index contributed by atoms with van der Waals surface area (Å²) in [6, 6.07) is 17.1. The molecule has 2 amide bonds. The number of carbonyl (C=O) groups excluding carboxylic acids is 2. The molecule has 2 aromatic heterocycles. The molecule has 2 aromatic carbocycles. The summed E-state index contributed by atoms with van der Waals surface area (Å²) < 4.78 is 5.56. The molecule has 0 aliphatic heterocycles. The maximum absolute atomic E-state index is 13.7. The quantitative estimate of drug-likeness (QED) is 0.277. The standard InChI is InChI=1S/C30H31N3O3S/c1-3-7-18-10-15-22-26(16-18)37-30(27(22)28(31)34)33-29(35)23-17-25(32-24-9-6-5-8-21(23)24)19-11-13-20(14-12-19)36-4-2/h5-6,8-9,11-14,17-18H,3-4,7,10,15-16H2,1-2H3,(H2,31,34)(H,33,35). The van der Waals surface area contributed by atoms with Gasteiger partial charge in [0, 0.05) is 15.8 Å². The first-order chi connectivity index (χ1) is 18.0. The predicted octanol–water partition coefficient (Wildman–Crippen LogP) is 6.62. The van der Waals surface area contributed by atoms with Crippen molar-refractivity contribution in [1.82, 2.24) is 4.98 Å². The van der Waals surface area contributed by atoms with Crippen molar-refractivity contribution in [3.8, 4) is 17.0 Å². The molecule has 1 atom stereocenters. The number of carbonyl (C=O) groups is 2. The van der Waals surface area contributed by atoms with E-state index in [2.05, 4.69) is 12.2 Å². The normalized spacial score (nSPS) is 14.8. The van der Waals surface area contributed by atoms with Gasteiger partial charge in [-0.25, -0.2) is 4.98 Å². The molecule has 190 valence electrons. The minimum absolute atomic E-state index is 0.281. The third-order valence-electron chi connectivity index (χ3n) is 6.96. The molecule has 37 heavy (non-hydrogen) atoms. The molecule has 7 heteroatoms. The number of fused-ring (bicyclic) bond motifs is 2. The SMILES string of the molecule is CCCC1CCc2c(sc(NC(=O)c3cc(-c4ccc(OCC)cc4)nc4ccccc34)c2C(N)=O)C1. The van der Waals surface area contributed by atoms with E-state index in [9.17, 15) is 9.59 Å². The molecule has 1 aliphatic rings. The molecule has 0 fully saturated rings. The highest BCUT2D eigenvalue weighted by atomic mass is 32.1. The summed E-state index contributed by atoms with van der Waals surface area (Å²) in [7, 11) is 0. The lowest BCUT2D eigenvalue weighted by Gasteiger charge is -2.21. The molecule has 0 saturated carbocycles. The third-order valence-corrected chi connectivity index (χ3v) is 8.13. The van der Waals surface area contributed by atoms with Crippen LogP contribution in [0.1, 0.15) is 64.3 Å². The summed E-state index contributed by atoms with van der Waals surface area (Å²) in [5, 5.41) is 4.33. The smallest absolute Gasteiger partial charge is 0.257 e. The predicted molar refractivity (Wildman–Crippen MR) is 150 cm³/mol. The van der Waals surface area contributed by atoms with Gasteiger partial charge in [0.2, 0.25) is 0 Å². The van der Waals surface area contributed by atoms with Gasteiger partial charge in [0.1, 0.15) is 10.8 Å². The van der Waals surface area contributed by atoms with Gasteiger partial charge in [0.15, 0.2) is 0 Å². The number of pyridine rings is 1. The van der Waals surface area contributed by atoms with Crippen LogP contribution in [0.2, 0.25) is 0 Å². The van der Waals surface area contributed by atoms with Gasteiger partial charge in [-0.1, -0.05) is 38.0 Å². The fraction of sp³-hybridized carbons (Fsp3) is 0.300. The summed E-state index contributed by atoms with van der Waals surface area (Å²) >= 11 is 1.49. The van der Waals surface area contributed by atoms with Crippen LogP contribution in [0.15, 0.2) is 54.6 Å². The van der Waals surface area contributed by atoms with Crippen LogP contribution in [0.5, 0.6) is 5.75 Å². The first-order valence-corrected chi connectivity index (χ1v) is 13.7. The van der Waals surface area contributed by atoms with Crippen molar-refractivity contribution in [2.24, 2.45) is 11.7 Å². The number of ether oxygens (including phenoxy) is 1. The van der Waals surface area contributed by atoms with E-state index in [1.807, 2.05) is 61.5 Å². The summed E-state index contributed by atoms with van der Waals surface area (Å²) in [6.45, 7) is 4.74. The lowest BCUT2D eigenvalue weighted by molar-refractivity contribution is 0.1000. The van der Waals surface area contributed by atoms with Crippen LogP contribution in [0, 0.1) is 5.92 Å². The lowest BCUT2D eigenvalue weighted by Crippen LogP contribution is -2.20. The number of nitrogens with zero attached hydrogens (tertiary/aromatic N) is 1. The van der Waals surface area contributed by atoms with E-state index in [4.69, 9.17) is 15.5 Å². The van der Waals surface area contributed by atoms with Gasteiger partial charge in [-0.15, -0.1) is 11.3 Å². The molecule has 2 heterocycles. The Morgan fingerprint density at radius 3 is 2.65 bits per heavy atom. The number of anilines is 1. The number of para-hydroxylation sites is 1. The van der Waals surface area contributed by atoms with Crippen molar-refractivity contribution in [1.29, 1.82) is 0 Å². The Kier molecular flexibility index (Phi) is 7.24. The molecule has 0 spiro atoms. The number of rotatable bonds is 8. The number of nitrogens with two attached hydrogens (primary N) is 1. The number of hydrogen-bond donors (Lipinski definition) is 2. The monoisotopic (exact) mass is 513 g/mol. The molecule has 0 saturated heterocycles. The van der Waals surface area contributed by atoms with E-state index in [1.165, 1.54) is 22.6 Å². The Morgan fingerprint density at radius 1 is 1.14 bits per heavy atom. The van der Waals surface area contributed by atoms with E-state index in [0.717, 1.165) is 53.5 Å². The highest BCUT2D eigenvalue weighted by Gasteiger charge is 2.29. The molecular formula is C30H31N3O3S. The minimum atomic E-state index is -0.489. The number of aromatic nitrogens is 1. The van der Waals surface area contributed by atoms with E-state index in [1.54, 1.807) is 0 Å². The second-order valence-electron chi connectivity index (χ2n) is 9.45. The van der Waals surface area contributed by atoms with Gasteiger partial charge in [-0.3, -0.25) is 9.59 Å². The first-order valence-electron chi connectivity index (χ1n) is 12.9. The van der Waals surface area contributed by atoms with Crippen LogP contribution in [0.25, 0.3) is 22.2 Å². The second-order valence-corrected chi connectivity index (χ2v) is 10.6. The molecule has 0 radical (unpaired) electrons. The van der Waals surface area contributed by atoms with E-state index >= 15 is 0 Å². The van der Waals surface area contributed by atoms with Crippen LogP contribution in [0.3, 0.4) is 0 Å². The highest BCUT2D eigenvalue weighted by Crippen LogP contribution is 2.41. The average Bonchev–Trinajstić information content (AvgIpc) is 3.26. The van der Waals surface area contributed by atoms with E-state index in [-0.39, 0.29) is 5.91 Å². The number of thiophene rings is 1. The topological polar surface area (TPSA) is 94.3 Å². The van der Waals surface area contributed by atoms with Crippen molar-refractivity contribution < 1.29 is 14.3 Å². The molecule has 3 N–H and O–H groups in total. The Labute approximate surface area is 220 Å². The fourth-order valence-electron chi connectivity index (χ4n) is 5.23. The zero-order valence-corrected chi connectivity index (χ0v) is 22.0. The molecule has 6 nitrogen and oxygen atoms in total. The number of amides is 2. The van der Waals surface area contributed by atoms with Gasteiger partial charge < -0.3 is 15.8 Å². The van der Waals surface area contributed by atoms with Crippen LogP contribution < -0.4 is 15.8 Å². The maximum atomic E-state index is 13.7. The van der Waals surface area contributed by atoms with Crippen molar-refractivity contribution in [3.63, 3.8) is 0 Å². The van der Waals surface area contributed by atoms with Crippen molar-refractivity contribution in [3.05, 3.63) is 76.2 Å². The Morgan fingerprint density at radius 2 is 1.92 bits per heavy atom. The maximum Gasteiger partial charge on any atom is 0.257 e. The molecular weight excluding hydrogens is 482 g/mol. The first kappa shape index (κ1) is 25.0. The largest absolute Gasteiger partial charge is 0.494 e. The van der Waals surface area contributed by atoms with E-state index in [0.29, 0.717) is 34.3 Å². The Balaban J connectivity index is 1.51. The van der Waals surface area contributed by atoms with Crippen molar-refractivity contribution in [2.75, 3.05) is 11.9 Å². The van der Waals surface area contributed by atoms with Gasteiger partial charge in [0.05, 0.1) is 28.9 Å². The molecule has 4 aromatic rings. The average molecular weight is 514 g/mol. The van der Waals surface area contributed by atoms with Crippen LogP contribution >= 0.6 is 11.3 Å². The van der Waals surface area contributed by atoms with Crippen LogP contribution in [-0.2, 0) is 12.8 Å². The summed E-state index contributed by atoms with van der Waals surface area (Å²) in [5.41, 5.74) is 10.1. The summed E-state index contributed by atoms with van der Waals surface area (Å²) in [6.07, 6.45) is 5.12. The highest BCUT2D eigenvalue weighted by molar-refractivity contribution is 7.17. The number of primary amides is 1. The zero-order valence-electron chi connectivity index (χ0n) is 21.2. The van der Waals surface area contributed by atoms with Crippen molar-refractivity contribution >= 4 is 39.1 Å². The molecule has 1 unspecified atom stereocenters. The molecule has 1 aliphatic carbocycles.